The van der Waals surface area contributed by atoms with Crippen LogP contribution in [0, 0.1) is 5.82 Å². The van der Waals surface area contributed by atoms with Gasteiger partial charge in [-0.2, -0.15) is 0 Å². The standard InChI is InChI=1S/C22H14Br2ClFN2O4S/c23-13-3-7-18(17(24)9-13)27-21(29)20-16-10-14(25)4-8-19(16)33(31,32)28(22(20)30)11-12-1-5-15(26)6-2-12/h1-10,20H,11H2,(H,27,29). The second-order valence-electron chi connectivity index (χ2n) is 7.20. The van der Waals surface area contributed by atoms with Gasteiger partial charge in [0.25, 0.3) is 15.9 Å². The van der Waals surface area contributed by atoms with Gasteiger partial charge < -0.3 is 5.32 Å². The van der Waals surface area contributed by atoms with E-state index in [0.717, 1.165) is 4.47 Å². The number of halogens is 4. The van der Waals surface area contributed by atoms with E-state index in [0.29, 0.717) is 20.0 Å². The van der Waals surface area contributed by atoms with E-state index in [-0.39, 0.29) is 22.0 Å². The maximum atomic E-state index is 13.4. The molecule has 0 radical (unpaired) electrons. The lowest BCUT2D eigenvalue weighted by Gasteiger charge is -2.33. The molecule has 3 aromatic rings. The summed E-state index contributed by atoms with van der Waals surface area (Å²) in [5, 5.41) is 2.86. The minimum absolute atomic E-state index is 0.00593. The van der Waals surface area contributed by atoms with Crippen LogP contribution in [0.2, 0.25) is 5.02 Å². The molecule has 0 saturated carbocycles. The highest BCUT2D eigenvalue weighted by Crippen LogP contribution is 2.38. The molecule has 0 fully saturated rings. The molecule has 4 rings (SSSR count). The molecule has 1 heterocycles. The Morgan fingerprint density at radius 2 is 1.76 bits per heavy atom. The molecule has 6 nitrogen and oxygen atoms in total. The fourth-order valence-electron chi connectivity index (χ4n) is 3.46. The molecule has 1 atom stereocenters. The average Bonchev–Trinajstić information content (AvgIpc) is 2.74. The second kappa shape index (κ2) is 9.17. The summed E-state index contributed by atoms with van der Waals surface area (Å²) in [7, 11) is -4.27. The van der Waals surface area contributed by atoms with Crippen LogP contribution >= 0.6 is 43.5 Å². The predicted molar refractivity (Wildman–Crippen MR) is 129 cm³/mol. The number of hydrogen-bond acceptors (Lipinski definition) is 4. The van der Waals surface area contributed by atoms with Gasteiger partial charge in [-0.25, -0.2) is 17.1 Å². The second-order valence-corrected chi connectivity index (χ2v) is 11.2. The third-order valence-electron chi connectivity index (χ3n) is 5.03. The number of sulfonamides is 1. The number of amides is 2. The third kappa shape index (κ3) is 4.70. The molecule has 1 N–H and O–H groups in total. The Bertz CT molecular complexity index is 1380. The smallest absolute Gasteiger partial charge is 0.267 e. The number of carbonyl (C=O) groups is 2. The molecular weight excluding hydrogens is 603 g/mol. The molecule has 0 aromatic heterocycles. The summed E-state index contributed by atoms with van der Waals surface area (Å²) in [5.74, 6) is -3.60. The molecule has 3 aromatic carbocycles. The van der Waals surface area contributed by atoms with E-state index in [9.17, 15) is 22.4 Å². The molecule has 170 valence electrons. The fraction of sp³-hybridized carbons (Fsp3) is 0.0909. The zero-order valence-corrected chi connectivity index (χ0v) is 21.3. The number of rotatable bonds is 4. The summed E-state index contributed by atoms with van der Waals surface area (Å²) >= 11 is 12.7. The topological polar surface area (TPSA) is 83.6 Å². The van der Waals surface area contributed by atoms with E-state index in [1.807, 2.05) is 0 Å². The van der Waals surface area contributed by atoms with Gasteiger partial charge in [0.1, 0.15) is 11.7 Å². The number of nitrogens with one attached hydrogen (secondary N) is 1. The lowest BCUT2D eigenvalue weighted by Crippen LogP contribution is -2.47. The van der Waals surface area contributed by atoms with Crippen LogP contribution < -0.4 is 5.32 Å². The van der Waals surface area contributed by atoms with E-state index in [1.54, 1.807) is 18.2 Å². The van der Waals surface area contributed by atoms with Crippen molar-refractivity contribution in [2.24, 2.45) is 0 Å². The normalized spacial score (nSPS) is 16.9. The first-order valence-corrected chi connectivity index (χ1v) is 12.8. The molecule has 0 bridgehead atoms. The zero-order valence-electron chi connectivity index (χ0n) is 16.6. The van der Waals surface area contributed by atoms with E-state index in [4.69, 9.17) is 11.6 Å². The lowest BCUT2D eigenvalue weighted by molar-refractivity contribution is -0.133. The van der Waals surface area contributed by atoms with E-state index >= 15 is 0 Å². The van der Waals surface area contributed by atoms with Crippen molar-refractivity contribution in [3.8, 4) is 0 Å². The van der Waals surface area contributed by atoms with Crippen molar-refractivity contribution in [2.75, 3.05) is 5.32 Å². The number of carbonyl (C=O) groups excluding carboxylic acids is 2. The van der Waals surface area contributed by atoms with Crippen LogP contribution in [0.5, 0.6) is 0 Å². The molecule has 2 amide bonds. The van der Waals surface area contributed by atoms with Crippen LogP contribution in [0.4, 0.5) is 10.1 Å². The van der Waals surface area contributed by atoms with Crippen molar-refractivity contribution < 1.29 is 22.4 Å². The third-order valence-corrected chi connectivity index (χ3v) is 8.24. The van der Waals surface area contributed by atoms with Crippen molar-refractivity contribution in [1.82, 2.24) is 4.31 Å². The molecule has 0 aliphatic carbocycles. The molecule has 1 aliphatic heterocycles. The Morgan fingerprint density at radius 1 is 1.06 bits per heavy atom. The van der Waals surface area contributed by atoms with Crippen molar-refractivity contribution in [2.45, 2.75) is 17.4 Å². The van der Waals surface area contributed by atoms with Crippen molar-refractivity contribution in [1.29, 1.82) is 0 Å². The summed E-state index contributed by atoms with van der Waals surface area (Å²) in [5.41, 5.74) is 0.784. The van der Waals surface area contributed by atoms with Gasteiger partial charge in [0.15, 0.2) is 0 Å². The molecule has 33 heavy (non-hydrogen) atoms. The highest BCUT2D eigenvalue weighted by atomic mass is 79.9. The number of benzene rings is 3. The van der Waals surface area contributed by atoms with Crippen molar-refractivity contribution in [3.63, 3.8) is 0 Å². The highest BCUT2D eigenvalue weighted by molar-refractivity contribution is 9.11. The van der Waals surface area contributed by atoms with Gasteiger partial charge in [-0.3, -0.25) is 9.59 Å². The Hall–Kier alpha value is -2.27. The molecule has 1 unspecified atom stereocenters. The Kier molecular flexibility index (Phi) is 6.63. The summed E-state index contributed by atoms with van der Waals surface area (Å²) in [4.78, 5) is 26.5. The maximum absolute atomic E-state index is 13.4. The summed E-state index contributed by atoms with van der Waals surface area (Å²) in [6.45, 7) is -0.352. The summed E-state index contributed by atoms with van der Waals surface area (Å²) in [6, 6.07) is 14.1. The number of nitrogens with zero attached hydrogens (tertiary/aromatic N) is 1. The Balaban J connectivity index is 1.78. The zero-order chi connectivity index (χ0) is 23.9. The number of anilines is 1. The molecule has 0 spiro atoms. The first kappa shape index (κ1) is 23.9. The van der Waals surface area contributed by atoms with Gasteiger partial charge in [-0.05, 0) is 75.6 Å². The number of fused-ring (bicyclic) bond motifs is 1. The first-order valence-electron chi connectivity index (χ1n) is 9.44. The minimum atomic E-state index is -4.27. The minimum Gasteiger partial charge on any atom is -0.324 e. The molecule has 0 saturated heterocycles. The van der Waals surface area contributed by atoms with Crippen molar-refractivity contribution in [3.05, 3.63) is 91.6 Å². The van der Waals surface area contributed by atoms with Gasteiger partial charge in [-0.1, -0.05) is 39.7 Å². The van der Waals surface area contributed by atoms with E-state index < -0.39 is 33.6 Å². The van der Waals surface area contributed by atoms with Crippen LogP contribution in [-0.2, 0) is 26.2 Å². The summed E-state index contributed by atoms with van der Waals surface area (Å²) < 4.78 is 41.8. The largest absolute Gasteiger partial charge is 0.324 e. The first-order chi connectivity index (χ1) is 15.6. The number of hydrogen-bond donors (Lipinski definition) is 1. The van der Waals surface area contributed by atoms with Crippen LogP contribution in [0.25, 0.3) is 0 Å². The van der Waals surface area contributed by atoms with Crippen LogP contribution in [0.1, 0.15) is 17.0 Å². The Morgan fingerprint density at radius 3 is 2.42 bits per heavy atom. The highest BCUT2D eigenvalue weighted by Gasteiger charge is 2.46. The Labute approximate surface area is 211 Å². The van der Waals surface area contributed by atoms with Gasteiger partial charge >= 0.3 is 0 Å². The predicted octanol–water partition coefficient (Wildman–Crippen LogP) is 5.46. The molecule has 11 heteroatoms. The van der Waals surface area contributed by atoms with Gasteiger partial charge in [0.05, 0.1) is 17.1 Å². The van der Waals surface area contributed by atoms with Gasteiger partial charge in [0.2, 0.25) is 5.91 Å². The van der Waals surface area contributed by atoms with Crippen LogP contribution in [0.15, 0.2) is 74.5 Å². The monoisotopic (exact) mass is 614 g/mol. The fourth-order valence-corrected chi connectivity index (χ4v) is 6.40. The SMILES string of the molecule is O=C(Nc1ccc(Br)cc1Br)C1C(=O)N(Cc2ccc(F)cc2)S(=O)(=O)c2ccc(Cl)cc21. The maximum Gasteiger partial charge on any atom is 0.267 e. The van der Waals surface area contributed by atoms with E-state index in [2.05, 4.69) is 37.2 Å². The van der Waals surface area contributed by atoms with Crippen LogP contribution in [-0.4, -0.2) is 24.5 Å². The van der Waals surface area contributed by atoms with Crippen molar-refractivity contribution >= 4 is 71.0 Å². The summed E-state index contributed by atoms with van der Waals surface area (Å²) in [6.07, 6.45) is 0. The van der Waals surface area contributed by atoms with Gasteiger partial charge in [0, 0.05) is 14.0 Å². The van der Waals surface area contributed by atoms with E-state index in [1.165, 1.54) is 42.5 Å². The average molecular weight is 617 g/mol. The quantitative estimate of drug-likeness (QED) is 0.395. The lowest BCUT2D eigenvalue weighted by atomic mass is 9.96. The van der Waals surface area contributed by atoms with Crippen LogP contribution in [0.3, 0.4) is 0 Å². The van der Waals surface area contributed by atoms with Gasteiger partial charge in [-0.15, -0.1) is 0 Å². The molecular formula is C22H14Br2ClFN2O4S. The molecule has 1 aliphatic rings.